The lowest BCUT2D eigenvalue weighted by atomic mass is 10.1. The number of nitrogens with two attached hydrogens (primary N) is 1. The standard InChI is InChI=1S/C14H20BrN3/c1-2-8-18(9-10-6-7-10)12-5-3-4-11(15)13(12)14(16)17/h3-5,10H,2,6-9H2,1H3,(H3,16,17). The molecule has 98 valence electrons. The SMILES string of the molecule is CCCN(CC1CC1)c1cccc(Br)c1C(=N)N. The van der Waals surface area contributed by atoms with Crippen molar-refractivity contribution in [1.82, 2.24) is 0 Å². The molecule has 0 spiro atoms. The number of nitrogen functional groups attached to an aromatic ring is 1. The number of anilines is 1. The second kappa shape index (κ2) is 5.74. The third-order valence-corrected chi connectivity index (χ3v) is 3.93. The van der Waals surface area contributed by atoms with Crippen molar-refractivity contribution in [3.8, 4) is 0 Å². The lowest BCUT2D eigenvalue weighted by molar-refractivity contribution is 0.707. The van der Waals surface area contributed by atoms with E-state index in [4.69, 9.17) is 11.1 Å². The Balaban J connectivity index is 2.32. The van der Waals surface area contributed by atoms with Gasteiger partial charge in [-0.1, -0.05) is 13.0 Å². The van der Waals surface area contributed by atoms with Crippen molar-refractivity contribution < 1.29 is 0 Å². The summed E-state index contributed by atoms with van der Waals surface area (Å²) in [6, 6.07) is 6.03. The summed E-state index contributed by atoms with van der Waals surface area (Å²) in [5.74, 6) is 0.963. The van der Waals surface area contributed by atoms with E-state index in [1.807, 2.05) is 12.1 Å². The molecular formula is C14H20BrN3. The van der Waals surface area contributed by atoms with Crippen LogP contribution in [0.15, 0.2) is 22.7 Å². The molecule has 3 N–H and O–H groups in total. The number of nitrogens with zero attached hydrogens (tertiary/aromatic N) is 1. The first-order chi connectivity index (χ1) is 8.63. The molecule has 1 fully saturated rings. The largest absolute Gasteiger partial charge is 0.384 e. The summed E-state index contributed by atoms with van der Waals surface area (Å²) in [7, 11) is 0. The Morgan fingerprint density at radius 1 is 1.50 bits per heavy atom. The fourth-order valence-electron chi connectivity index (χ4n) is 2.24. The van der Waals surface area contributed by atoms with Gasteiger partial charge in [-0.15, -0.1) is 0 Å². The average molecular weight is 310 g/mol. The summed E-state index contributed by atoms with van der Waals surface area (Å²) in [5, 5.41) is 7.76. The number of amidine groups is 1. The first-order valence-electron chi connectivity index (χ1n) is 6.51. The maximum atomic E-state index is 7.76. The molecule has 1 aromatic carbocycles. The average Bonchev–Trinajstić information content (AvgIpc) is 3.11. The topological polar surface area (TPSA) is 53.1 Å². The number of nitrogens with one attached hydrogen (secondary N) is 1. The van der Waals surface area contributed by atoms with Gasteiger partial charge in [-0.05, 0) is 53.2 Å². The zero-order chi connectivity index (χ0) is 13.1. The third kappa shape index (κ3) is 3.05. The highest BCUT2D eigenvalue weighted by molar-refractivity contribution is 9.10. The van der Waals surface area contributed by atoms with Crippen molar-refractivity contribution in [2.75, 3.05) is 18.0 Å². The molecule has 0 unspecified atom stereocenters. The van der Waals surface area contributed by atoms with Gasteiger partial charge in [0.1, 0.15) is 5.84 Å². The number of hydrogen-bond donors (Lipinski definition) is 2. The van der Waals surface area contributed by atoms with Crippen molar-refractivity contribution >= 4 is 27.5 Å². The molecule has 0 aromatic heterocycles. The molecule has 1 aromatic rings. The quantitative estimate of drug-likeness (QED) is 0.625. The van der Waals surface area contributed by atoms with E-state index in [-0.39, 0.29) is 5.84 Å². The second-order valence-electron chi connectivity index (χ2n) is 4.94. The summed E-state index contributed by atoms with van der Waals surface area (Å²) in [6.07, 6.45) is 3.78. The second-order valence-corrected chi connectivity index (χ2v) is 5.79. The van der Waals surface area contributed by atoms with Gasteiger partial charge in [-0.3, -0.25) is 5.41 Å². The number of benzene rings is 1. The molecule has 0 bridgehead atoms. The van der Waals surface area contributed by atoms with Crippen molar-refractivity contribution in [2.45, 2.75) is 26.2 Å². The number of rotatable bonds is 6. The van der Waals surface area contributed by atoms with Gasteiger partial charge in [0.2, 0.25) is 0 Å². The van der Waals surface area contributed by atoms with E-state index in [1.165, 1.54) is 12.8 Å². The van der Waals surface area contributed by atoms with E-state index in [9.17, 15) is 0 Å². The predicted octanol–water partition coefficient (Wildman–Crippen LogP) is 3.36. The van der Waals surface area contributed by atoms with E-state index < -0.39 is 0 Å². The summed E-state index contributed by atoms with van der Waals surface area (Å²) in [6.45, 7) is 4.29. The number of halogens is 1. The van der Waals surface area contributed by atoms with Crippen LogP contribution in [-0.2, 0) is 0 Å². The fourth-order valence-corrected chi connectivity index (χ4v) is 2.80. The molecule has 0 amide bonds. The Hall–Kier alpha value is -1.03. The summed E-state index contributed by atoms with van der Waals surface area (Å²) >= 11 is 3.50. The maximum Gasteiger partial charge on any atom is 0.126 e. The highest BCUT2D eigenvalue weighted by Gasteiger charge is 2.25. The van der Waals surface area contributed by atoms with E-state index >= 15 is 0 Å². The van der Waals surface area contributed by atoms with Gasteiger partial charge in [-0.25, -0.2) is 0 Å². The first kappa shape index (κ1) is 13.4. The highest BCUT2D eigenvalue weighted by Crippen LogP contribution is 2.34. The first-order valence-corrected chi connectivity index (χ1v) is 7.30. The van der Waals surface area contributed by atoms with E-state index in [2.05, 4.69) is 33.8 Å². The van der Waals surface area contributed by atoms with Gasteiger partial charge in [0.05, 0.1) is 5.56 Å². The molecule has 0 saturated heterocycles. The minimum atomic E-state index is 0.134. The molecular weight excluding hydrogens is 290 g/mol. The van der Waals surface area contributed by atoms with Gasteiger partial charge in [-0.2, -0.15) is 0 Å². The highest BCUT2D eigenvalue weighted by atomic mass is 79.9. The fraction of sp³-hybridized carbons (Fsp3) is 0.500. The molecule has 1 aliphatic rings. The molecule has 1 saturated carbocycles. The lowest BCUT2D eigenvalue weighted by Gasteiger charge is -2.27. The molecule has 3 nitrogen and oxygen atoms in total. The molecule has 0 heterocycles. The van der Waals surface area contributed by atoms with Crippen molar-refractivity contribution in [3.05, 3.63) is 28.2 Å². The monoisotopic (exact) mass is 309 g/mol. The van der Waals surface area contributed by atoms with Crippen LogP contribution in [0.2, 0.25) is 0 Å². The Labute approximate surface area is 117 Å². The molecule has 2 rings (SSSR count). The third-order valence-electron chi connectivity index (χ3n) is 3.27. The van der Waals surface area contributed by atoms with E-state index in [1.54, 1.807) is 0 Å². The Kier molecular flexibility index (Phi) is 4.27. The van der Waals surface area contributed by atoms with E-state index in [0.717, 1.165) is 41.2 Å². The van der Waals surface area contributed by atoms with Crippen molar-refractivity contribution in [3.63, 3.8) is 0 Å². The van der Waals surface area contributed by atoms with Crippen LogP contribution in [0, 0.1) is 11.3 Å². The van der Waals surface area contributed by atoms with Crippen LogP contribution in [0.1, 0.15) is 31.7 Å². The molecule has 0 atom stereocenters. The van der Waals surface area contributed by atoms with Gasteiger partial charge in [0, 0.05) is 23.2 Å². The van der Waals surface area contributed by atoms with Gasteiger partial charge in [0.25, 0.3) is 0 Å². The summed E-state index contributed by atoms with van der Waals surface area (Å²) in [4.78, 5) is 2.37. The smallest absolute Gasteiger partial charge is 0.126 e. The number of hydrogen-bond acceptors (Lipinski definition) is 2. The van der Waals surface area contributed by atoms with Crippen molar-refractivity contribution in [2.24, 2.45) is 11.7 Å². The molecule has 18 heavy (non-hydrogen) atoms. The van der Waals surface area contributed by atoms with Crippen LogP contribution in [0.25, 0.3) is 0 Å². The molecule has 4 heteroatoms. The Morgan fingerprint density at radius 2 is 2.22 bits per heavy atom. The maximum absolute atomic E-state index is 7.76. The van der Waals surface area contributed by atoms with Gasteiger partial charge < -0.3 is 10.6 Å². The van der Waals surface area contributed by atoms with Crippen LogP contribution in [0.3, 0.4) is 0 Å². The van der Waals surface area contributed by atoms with Gasteiger partial charge >= 0.3 is 0 Å². The van der Waals surface area contributed by atoms with Crippen LogP contribution < -0.4 is 10.6 Å². The summed E-state index contributed by atoms with van der Waals surface area (Å²) < 4.78 is 0.907. The normalized spacial score (nSPS) is 14.6. The van der Waals surface area contributed by atoms with Crippen LogP contribution in [0.5, 0.6) is 0 Å². The van der Waals surface area contributed by atoms with Crippen molar-refractivity contribution in [1.29, 1.82) is 5.41 Å². The van der Waals surface area contributed by atoms with Crippen LogP contribution in [-0.4, -0.2) is 18.9 Å². The minimum Gasteiger partial charge on any atom is -0.384 e. The van der Waals surface area contributed by atoms with Gasteiger partial charge in [0.15, 0.2) is 0 Å². The minimum absolute atomic E-state index is 0.134. The van der Waals surface area contributed by atoms with E-state index in [0.29, 0.717) is 0 Å². The zero-order valence-corrected chi connectivity index (χ0v) is 12.3. The Morgan fingerprint density at radius 3 is 2.78 bits per heavy atom. The molecule has 1 aliphatic carbocycles. The molecule has 0 radical (unpaired) electrons. The molecule has 0 aliphatic heterocycles. The summed E-state index contributed by atoms with van der Waals surface area (Å²) in [5.41, 5.74) is 7.64. The van der Waals surface area contributed by atoms with Crippen LogP contribution >= 0.6 is 15.9 Å². The lowest BCUT2D eigenvalue weighted by Crippen LogP contribution is -2.29. The van der Waals surface area contributed by atoms with Crippen LogP contribution in [0.4, 0.5) is 5.69 Å². The predicted molar refractivity (Wildman–Crippen MR) is 80.4 cm³/mol. The Bertz CT molecular complexity index is 441. The zero-order valence-electron chi connectivity index (χ0n) is 10.7.